The lowest BCUT2D eigenvalue weighted by Crippen LogP contribution is -2.31. The summed E-state index contributed by atoms with van der Waals surface area (Å²) in [6, 6.07) is 0. The van der Waals surface area contributed by atoms with Crippen LogP contribution in [-0.2, 0) is 0 Å². The zero-order chi connectivity index (χ0) is 12.5. The van der Waals surface area contributed by atoms with E-state index in [2.05, 4.69) is 24.1 Å². The van der Waals surface area contributed by atoms with Crippen molar-refractivity contribution < 1.29 is 0 Å². The van der Waals surface area contributed by atoms with Crippen LogP contribution in [0.2, 0.25) is 0 Å². The molecule has 0 bridgehead atoms. The third kappa shape index (κ3) is 6.08. The number of halogens is 1. The van der Waals surface area contributed by atoms with E-state index in [9.17, 15) is 0 Å². The van der Waals surface area contributed by atoms with Gasteiger partial charge in [-0.3, -0.25) is 0 Å². The highest BCUT2D eigenvalue weighted by Gasteiger charge is 2.15. The van der Waals surface area contributed by atoms with E-state index in [0.29, 0.717) is 11.3 Å². The zero-order valence-electron chi connectivity index (χ0n) is 11.6. The molecular formula is C14H29ClN2. The average molecular weight is 261 g/mol. The highest BCUT2D eigenvalue weighted by molar-refractivity contribution is 6.21. The molecule has 17 heavy (non-hydrogen) atoms. The van der Waals surface area contributed by atoms with Gasteiger partial charge in [0, 0.05) is 11.9 Å². The molecule has 1 aliphatic rings. The molecule has 1 unspecified atom stereocenters. The van der Waals surface area contributed by atoms with Crippen LogP contribution in [0.5, 0.6) is 0 Å². The van der Waals surface area contributed by atoms with Gasteiger partial charge in [-0.25, -0.2) is 0 Å². The summed E-state index contributed by atoms with van der Waals surface area (Å²) < 4.78 is 0. The van der Waals surface area contributed by atoms with Crippen molar-refractivity contribution in [3.8, 4) is 0 Å². The lowest BCUT2D eigenvalue weighted by Gasteiger charge is -2.20. The molecule has 1 saturated heterocycles. The highest BCUT2D eigenvalue weighted by Crippen LogP contribution is 2.17. The third-order valence-electron chi connectivity index (χ3n) is 3.93. The molecule has 1 N–H and O–H groups in total. The molecule has 0 radical (unpaired) electrons. The van der Waals surface area contributed by atoms with Gasteiger partial charge in [-0.05, 0) is 51.4 Å². The first kappa shape index (κ1) is 15.3. The van der Waals surface area contributed by atoms with Crippen molar-refractivity contribution in [3.63, 3.8) is 0 Å². The molecular weight excluding hydrogens is 232 g/mol. The molecule has 0 aromatic rings. The van der Waals surface area contributed by atoms with Crippen molar-refractivity contribution in [3.05, 3.63) is 0 Å². The minimum atomic E-state index is 0.303. The van der Waals surface area contributed by atoms with Crippen molar-refractivity contribution in [2.75, 3.05) is 32.7 Å². The minimum absolute atomic E-state index is 0.303. The molecule has 0 aliphatic carbocycles. The monoisotopic (exact) mass is 260 g/mol. The maximum atomic E-state index is 6.38. The number of nitrogens with one attached hydrogen (secondary N) is 1. The molecule has 1 fully saturated rings. The van der Waals surface area contributed by atoms with Gasteiger partial charge in [0.2, 0.25) is 0 Å². The zero-order valence-corrected chi connectivity index (χ0v) is 12.3. The molecule has 1 heterocycles. The van der Waals surface area contributed by atoms with E-state index in [-0.39, 0.29) is 0 Å². The maximum Gasteiger partial charge on any atom is 0.0488 e. The van der Waals surface area contributed by atoms with E-state index in [1.807, 2.05) is 0 Å². The van der Waals surface area contributed by atoms with Gasteiger partial charge < -0.3 is 10.2 Å². The van der Waals surface area contributed by atoms with Gasteiger partial charge in [0.05, 0.1) is 0 Å². The number of rotatable bonds is 9. The van der Waals surface area contributed by atoms with Crippen molar-refractivity contribution in [2.45, 2.75) is 51.3 Å². The topological polar surface area (TPSA) is 15.3 Å². The van der Waals surface area contributed by atoms with Gasteiger partial charge in [0.15, 0.2) is 0 Å². The molecule has 1 rings (SSSR count). The van der Waals surface area contributed by atoms with Crippen LogP contribution in [0.3, 0.4) is 0 Å². The summed E-state index contributed by atoms with van der Waals surface area (Å²) in [6.45, 7) is 10.4. The second kappa shape index (κ2) is 9.18. The number of likely N-dealkylation sites (tertiary alicyclic amines) is 1. The predicted molar refractivity (Wildman–Crippen MR) is 76.9 cm³/mol. The molecule has 0 amide bonds. The maximum absolute atomic E-state index is 6.38. The summed E-state index contributed by atoms with van der Waals surface area (Å²) in [5.74, 6) is 0.669. The molecule has 1 aliphatic heterocycles. The van der Waals surface area contributed by atoms with Gasteiger partial charge in [-0.2, -0.15) is 0 Å². The van der Waals surface area contributed by atoms with Crippen LogP contribution < -0.4 is 5.32 Å². The van der Waals surface area contributed by atoms with Crippen LogP contribution in [0.25, 0.3) is 0 Å². The van der Waals surface area contributed by atoms with Crippen LogP contribution in [0.4, 0.5) is 0 Å². The number of hydrogen-bond acceptors (Lipinski definition) is 2. The van der Waals surface area contributed by atoms with Gasteiger partial charge in [-0.1, -0.05) is 26.7 Å². The first-order chi connectivity index (χ1) is 8.27. The summed E-state index contributed by atoms with van der Waals surface area (Å²) >= 11 is 6.38. The normalized spacial score (nSPS) is 19.1. The lowest BCUT2D eigenvalue weighted by molar-refractivity contribution is 0.329. The number of hydrogen-bond donors (Lipinski definition) is 1. The largest absolute Gasteiger partial charge is 0.315 e. The summed E-state index contributed by atoms with van der Waals surface area (Å²) in [7, 11) is 0. The van der Waals surface area contributed by atoms with Crippen molar-refractivity contribution in [1.29, 1.82) is 0 Å². The van der Waals surface area contributed by atoms with Gasteiger partial charge in [0.1, 0.15) is 0 Å². The van der Waals surface area contributed by atoms with Crippen LogP contribution >= 0.6 is 11.6 Å². The van der Waals surface area contributed by atoms with Crippen molar-refractivity contribution in [2.24, 2.45) is 5.92 Å². The van der Waals surface area contributed by atoms with E-state index in [1.54, 1.807) is 0 Å². The minimum Gasteiger partial charge on any atom is -0.315 e. The number of nitrogens with zero attached hydrogens (tertiary/aromatic N) is 1. The molecule has 102 valence electrons. The third-order valence-corrected chi connectivity index (χ3v) is 4.44. The fraction of sp³-hybridized carbons (Fsp3) is 1.00. The van der Waals surface area contributed by atoms with E-state index < -0.39 is 0 Å². The van der Waals surface area contributed by atoms with Crippen LogP contribution in [0.15, 0.2) is 0 Å². The Kier molecular flexibility index (Phi) is 8.25. The van der Waals surface area contributed by atoms with Crippen LogP contribution in [-0.4, -0.2) is 43.0 Å². The van der Waals surface area contributed by atoms with Gasteiger partial charge in [-0.15, -0.1) is 11.6 Å². The molecule has 0 aromatic heterocycles. The standard InChI is InChI=1S/C14H29ClN2/c1-3-13(4-2)14(15)12-16-8-7-11-17-9-5-6-10-17/h13-14,16H,3-12H2,1-2H3. The Morgan fingerprint density at radius 3 is 2.41 bits per heavy atom. The van der Waals surface area contributed by atoms with Crippen LogP contribution in [0, 0.1) is 5.92 Å². The highest BCUT2D eigenvalue weighted by atomic mass is 35.5. The lowest BCUT2D eigenvalue weighted by atomic mass is 9.99. The van der Waals surface area contributed by atoms with Gasteiger partial charge in [0.25, 0.3) is 0 Å². The Balaban J connectivity index is 1.95. The predicted octanol–water partition coefficient (Wildman–Crippen LogP) is 3.11. The Morgan fingerprint density at radius 1 is 1.18 bits per heavy atom. The molecule has 0 saturated carbocycles. The molecule has 2 nitrogen and oxygen atoms in total. The van der Waals surface area contributed by atoms with Crippen molar-refractivity contribution in [1.82, 2.24) is 10.2 Å². The van der Waals surface area contributed by atoms with E-state index >= 15 is 0 Å². The first-order valence-corrected chi connectivity index (χ1v) is 7.78. The second-order valence-corrected chi connectivity index (χ2v) is 5.76. The molecule has 0 spiro atoms. The summed E-state index contributed by atoms with van der Waals surface area (Å²) in [5.41, 5.74) is 0. The fourth-order valence-electron chi connectivity index (χ4n) is 2.64. The average Bonchev–Trinajstić information content (AvgIpc) is 2.83. The van der Waals surface area contributed by atoms with Gasteiger partial charge >= 0.3 is 0 Å². The Bertz CT molecular complexity index is 177. The smallest absolute Gasteiger partial charge is 0.0488 e. The summed E-state index contributed by atoms with van der Waals surface area (Å²) in [6.07, 6.45) is 6.44. The SMILES string of the molecule is CCC(CC)C(Cl)CNCCCN1CCCC1. The Morgan fingerprint density at radius 2 is 1.82 bits per heavy atom. The second-order valence-electron chi connectivity index (χ2n) is 5.20. The van der Waals surface area contributed by atoms with Crippen molar-refractivity contribution >= 4 is 11.6 Å². The number of alkyl halides is 1. The first-order valence-electron chi connectivity index (χ1n) is 7.35. The molecule has 1 atom stereocenters. The summed E-state index contributed by atoms with van der Waals surface area (Å²) in [5, 5.41) is 3.80. The molecule has 0 aromatic carbocycles. The van der Waals surface area contributed by atoms with E-state index in [1.165, 1.54) is 51.7 Å². The molecule has 3 heteroatoms. The fourth-order valence-corrected chi connectivity index (χ4v) is 3.11. The van der Waals surface area contributed by atoms with E-state index in [0.717, 1.165) is 13.1 Å². The quantitative estimate of drug-likeness (QED) is 0.506. The summed E-state index contributed by atoms with van der Waals surface area (Å²) in [4.78, 5) is 2.57. The van der Waals surface area contributed by atoms with Crippen LogP contribution in [0.1, 0.15) is 46.0 Å². The Hall–Kier alpha value is 0.210. The van der Waals surface area contributed by atoms with E-state index in [4.69, 9.17) is 11.6 Å². The Labute approximate surface area is 112 Å².